The zero-order valence-corrected chi connectivity index (χ0v) is 10.9. The quantitative estimate of drug-likeness (QED) is 0.820. The van der Waals surface area contributed by atoms with Crippen molar-refractivity contribution in [1.29, 1.82) is 0 Å². The number of aromatic nitrogens is 1. The van der Waals surface area contributed by atoms with Crippen LogP contribution in [-0.2, 0) is 11.3 Å². The molecule has 0 unspecified atom stereocenters. The zero-order valence-electron chi connectivity index (χ0n) is 10.0. The molecule has 1 fully saturated rings. The number of imide groups is 1. The van der Waals surface area contributed by atoms with Gasteiger partial charge in [0.15, 0.2) is 0 Å². The standard InChI is InChI=1S/C12H14N2O2S/c1-4-14-7(2)5-9(8(14)3)6-10-11(15)13-12(16)17-10/h5-6H,4H2,1-3H3,(H,13,15,16)/b10-6+. The van der Waals surface area contributed by atoms with Gasteiger partial charge in [0, 0.05) is 17.9 Å². The minimum Gasteiger partial charge on any atom is -0.349 e. The highest BCUT2D eigenvalue weighted by molar-refractivity contribution is 8.18. The molecule has 0 bridgehead atoms. The van der Waals surface area contributed by atoms with E-state index in [0.717, 1.165) is 35.3 Å². The highest BCUT2D eigenvalue weighted by Gasteiger charge is 2.25. The Morgan fingerprint density at radius 1 is 1.41 bits per heavy atom. The van der Waals surface area contributed by atoms with Crippen LogP contribution in [0, 0.1) is 13.8 Å². The van der Waals surface area contributed by atoms with Crippen molar-refractivity contribution in [3.05, 3.63) is 27.9 Å². The van der Waals surface area contributed by atoms with Gasteiger partial charge in [0.2, 0.25) is 0 Å². The van der Waals surface area contributed by atoms with Crippen LogP contribution in [0.1, 0.15) is 23.9 Å². The second-order valence-corrected chi connectivity index (χ2v) is 4.94. The maximum Gasteiger partial charge on any atom is 0.290 e. The van der Waals surface area contributed by atoms with E-state index in [1.165, 1.54) is 0 Å². The molecule has 5 heteroatoms. The summed E-state index contributed by atoms with van der Waals surface area (Å²) in [5, 5.41) is 1.95. The van der Waals surface area contributed by atoms with E-state index in [2.05, 4.69) is 16.8 Å². The summed E-state index contributed by atoms with van der Waals surface area (Å²) in [6.45, 7) is 7.03. The molecule has 1 aliphatic rings. The largest absolute Gasteiger partial charge is 0.349 e. The highest BCUT2D eigenvalue weighted by Crippen LogP contribution is 2.27. The molecule has 1 saturated heterocycles. The molecule has 2 heterocycles. The van der Waals surface area contributed by atoms with E-state index in [4.69, 9.17) is 0 Å². The number of nitrogens with zero attached hydrogens (tertiary/aromatic N) is 1. The monoisotopic (exact) mass is 250 g/mol. The van der Waals surface area contributed by atoms with Crippen LogP contribution < -0.4 is 5.32 Å². The minimum absolute atomic E-state index is 0.300. The van der Waals surface area contributed by atoms with E-state index in [1.807, 2.05) is 19.9 Å². The van der Waals surface area contributed by atoms with Crippen molar-refractivity contribution < 1.29 is 9.59 Å². The van der Waals surface area contributed by atoms with Gasteiger partial charge in [-0.1, -0.05) is 0 Å². The third kappa shape index (κ3) is 2.15. The molecule has 0 aliphatic carbocycles. The van der Waals surface area contributed by atoms with Gasteiger partial charge in [-0.05, 0) is 50.2 Å². The normalized spacial score (nSPS) is 17.9. The fourth-order valence-corrected chi connectivity index (χ4v) is 2.70. The summed E-state index contributed by atoms with van der Waals surface area (Å²) in [4.78, 5) is 23.0. The first-order valence-electron chi connectivity index (χ1n) is 5.44. The summed E-state index contributed by atoms with van der Waals surface area (Å²) in [6, 6.07) is 2.03. The third-order valence-electron chi connectivity index (χ3n) is 2.86. The van der Waals surface area contributed by atoms with Gasteiger partial charge < -0.3 is 4.57 Å². The maximum absolute atomic E-state index is 11.4. The smallest absolute Gasteiger partial charge is 0.290 e. The Morgan fingerprint density at radius 2 is 2.12 bits per heavy atom. The van der Waals surface area contributed by atoms with Crippen LogP contribution in [0.5, 0.6) is 0 Å². The summed E-state index contributed by atoms with van der Waals surface area (Å²) in [6.07, 6.45) is 1.78. The first-order chi connectivity index (χ1) is 8.02. The van der Waals surface area contributed by atoms with Gasteiger partial charge in [0.05, 0.1) is 4.91 Å². The molecule has 0 aromatic carbocycles. The van der Waals surface area contributed by atoms with E-state index < -0.39 is 0 Å². The van der Waals surface area contributed by atoms with Crippen molar-refractivity contribution >= 4 is 29.0 Å². The Labute approximate surface area is 104 Å². The van der Waals surface area contributed by atoms with E-state index in [-0.39, 0.29) is 11.1 Å². The van der Waals surface area contributed by atoms with Gasteiger partial charge in [-0.25, -0.2) is 0 Å². The van der Waals surface area contributed by atoms with Crippen LogP contribution in [0.15, 0.2) is 11.0 Å². The SMILES string of the molecule is CCn1c(C)cc(/C=C2/SC(=O)NC2=O)c1C. The predicted molar refractivity (Wildman–Crippen MR) is 68.7 cm³/mol. The van der Waals surface area contributed by atoms with Gasteiger partial charge in [-0.2, -0.15) is 0 Å². The summed E-state index contributed by atoms with van der Waals surface area (Å²) in [7, 11) is 0. The van der Waals surface area contributed by atoms with Crippen LogP contribution in [0.25, 0.3) is 6.08 Å². The third-order valence-corrected chi connectivity index (χ3v) is 3.67. The average Bonchev–Trinajstić information content (AvgIpc) is 2.69. The molecule has 17 heavy (non-hydrogen) atoms. The molecule has 1 aliphatic heterocycles. The molecule has 0 saturated carbocycles. The molecule has 90 valence electrons. The van der Waals surface area contributed by atoms with Crippen LogP contribution in [0.2, 0.25) is 0 Å². The van der Waals surface area contributed by atoms with Crippen LogP contribution in [-0.4, -0.2) is 15.7 Å². The summed E-state index contributed by atoms with van der Waals surface area (Å²) in [5.41, 5.74) is 3.27. The zero-order chi connectivity index (χ0) is 12.6. The summed E-state index contributed by atoms with van der Waals surface area (Å²) in [5.74, 6) is -0.304. The number of rotatable bonds is 2. The molecule has 1 aromatic rings. The lowest BCUT2D eigenvalue weighted by atomic mass is 10.2. The number of carbonyl (C=O) groups is 2. The molecule has 4 nitrogen and oxygen atoms in total. The lowest BCUT2D eigenvalue weighted by molar-refractivity contribution is -0.115. The highest BCUT2D eigenvalue weighted by atomic mass is 32.2. The summed E-state index contributed by atoms with van der Waals surface area (Å²) >= 11 is 0.952. The van der Waals surface area contributed by atoms with Gasteiger partial charge in [0.25, 0.3) is 11.1 Å². The molecule has 1 aromatic heterocycles. The Morgan fingerprint density at radius 3 is 2.59 bits per heavy atom. The van der Waals surface area contributed by atoms with Gasteiger partial charge in [-0.3, -0.25) is 14.9 Å². The summed E-state index contributed by atoms with van der Waals surface area (Å²) < 4.78 is 2.17. The first-order valence-corrected chi connectivity index (χ1v) is 6.26. The van der Waals surface area contributed by atoms with E-state index in [9.17, 15) is 9.59 Å². The fourth-order valence-electron chi connectivity index (χ4n) is 2.02. The Hall–Kier alpha value is -1.49. The topological polar surface area (TPSA) is 51.1 Å². The molecular weight excluding hydrogens is 236 g/mol. The number of thioether (sulfide) groups is 1. The molecule has 0 radical (unpaired) electrons. The second-order valence-electron chi connectivity index (χ2n) is 3.92. The minimum atomic E-state index is -0.304. The van der Waals surface area contributed by atoms with E-state index in [0.29, 0.717) is 4.91 Å². The van der Waals surface area contributed by atoms with E-state index in [1.54, 1.807) is 6.08 Å². The molecule has 1 N–H and O–H groups in total. The van der Waals surface area contributed by atoms with Crippen molar-refractivity contribution in [2.75, 3.05) is 0 Å². The van der Waals surface area contributed by atoms with Gasteiger partial charge >= 0.3 is 0 Å². The lowest BCUT2D eigenvalue weighted by Gasteiger charge is -2.04. The first kappa shape index (κ1) is 12.0. The van der Waals surface area contributed by atoms with Gasteiger partial charge in [-0.15, -0.1) is 0 Å². The molecule has 2 amide bonds. The average molecular weight is 250 g/mol. The Balaban J connectivity index is 2.39. The number of hydrogen-bond acceptors (Lipinski definition) is 3. The Bertz CT molecular complexity index is 529. The Kier molecular flexibility index (Phi) is 3.11. The van der Waals surface area contributed by atoms with Crippen molar-refractivity contribution in [3.63, 3.8) is 0 Å². The fraction of sp³-hybridized carbons (Fsp3) is 0.333. The lowest BCUT2D eigenvalue weighted by Crippen LogP contribution is -2.17. The van der Waals surface area contributed by atoms with Gasteiger partial charge in [0.1, 0.15) is 0 Å². The molecule has 2 rings (SSSR count). The number of hydrogen-bond donors (Lipinski definition) is 1. The maximum atomic E-state index is 11.4. The number of carbonyl (C=O) groups excluding carboxylic acids is 2. The van der Waals surface area contributed by atoms with Crippen LogP contribution >= 0.6 is 11.8 Å². The number of aryl methyl sites for hydroxylation is 1. The van der Waals surface area contributed by atoms with E-state index >= 15 is 0 Å². The van der Waals surface area contributed by atoms with Crippen molar-refractivity contribution in [1.82, 2.24) is 9.88 Å². The van der Waals surface area contributed by atoms with Crippen LogP contribution in [0.3, 0.4) is 0 Å². The molecule has 0 spiro atoms. The molecular formula is C12H14N2O2S. The number of amides is 2. The van der Waals surface area contributed by atoms with Crippen LogP contribution in [0.4, 0.5) is 4.79 Å². The second kappa shape index (κ2) is 4.41. The van der Waals surface area contributed by atoms with Crippen molar-refractivity contribution in [2.24, 2.45) is 0 Å². The van der Waals surface area contributed by atoms with Crippen molar-refractivity contribution in [3.8, 4) is 0 Å². The molecule has 0 atom stereocenters. The number of nitrogens with one attached hydrogen (secondary N) is 1. The predicted octanol–water partition coefficient (Wildman–Crippen LogP) is 2.45. The van der Waals surface area contributed by atoms with Crippen molar-refractivity contribution in [2.45, 2.75) is 27.3 Å².